The third-order valence-electron chi connectivity index (χ3n) is 9.14. The molecule has 48 heavy (non-hydrogen) atoms. The zero-order valence-electron chi connectivity index (χ0n) is 29.4. The maximum Gasteiger partial charge on any atom is 0.165 e. The van der Waals surface area contributed by atoms with Gasteiger partial charge in [-0.2, -0.15) is 0 Å². The zero-order valence-corrected chi connectivity index (χ0v) is 32.6. The van der Waals surface area contributed by atoms with Crippen molar-refractivity contribution in [1.82, 2.24) is 0 Å². The van der Waals surface area contributed by atoms with E-state index in [-0.39, 0.29) is 11.5 Å². The Labute approximate surface area is 304 Å². The largest absolute Gasteiger partial charge is 0.498 e. The predicted molar refractivity (Wildman–Crippen MR) is 207 cm³/mol. The monoisotopic (exact) mass is 774 g/mol. The number of ether oxygens (including phenoxy) is 3. The minimum atomic E-state index is -0.0736. The average molecular weight is 777 g/mol. The Balaban J connectivity index is 1.76. The van der Waals surface area contributed by atoms with Crippen LogP contribution in [-0.4, -0.2) is 27.4 Å². The second-order valence-corrected chi connectivity index (χ2v) is 15.5. The third kappa shape index (κ3) is 7.89. The Kier molecular flexibility index (Phi) is 11.5. The van der Waals surface area contributed by atoms with Gasteiger partial charge in [0, 0.05) is 13.1 Å². The highest BCUT2D eigenvalue weighted by Crippen LogP contribution is 2.48. The van der Waals surface area contributed by atoms with Crippen molar-refractivity contribution >= 4 is 43.2 Å². The molecule has 2 aliphatic carbocycles. The lowest BCUT2D eigenvalue weighted by molar-refractivity contribution is 0.252. The Morgan fingerprint density at radius 2 is 1.40 bits per heavy atom. The van der Waals surface area contributed by atoms with E-state index in [1.54, 1.807) is 21.3 Å². The van der Waals surface area contributed by atoms with Gasteiger partial charge in [-0.3, -0.25) is 0 Å². The number of halogens is 2. The molecular formula is C41H48Br2N2O3. The van der Waals surface area contributed by atoms with E-state index in [1.165, 1.54) is 16.7 Å². The first-order valence-electron chi connectivity index (χ1n) is 16.5. The van der Waals surface area contributed by atoms with Gasteiger partial charge in [0.25, 0.3) is 0 Å². The van der Waals surface area contributed by atoms with E-state index in [9.17, 15) is 0 Å². The van der Waals surface area contributed by atoms with Gasteiger partial charge in [0.2, 0.25) is 0 Å². The summed E-state index contributed by atoms with van der Waals surface area (Å²) in [6.45, 7) is 12.6. The van der Waals surface area contributed by atoms with E-state index in [1.807, 2.05) is 0 Å². The van der Waals surface area contributed by atoms with Crippen LogP contribution in [0.5, 0.6) is 5.75 Å². The summed E-state index contributed by atoms with van der Waals surface area (Å²) >= 11 is 7.72. The van der Waals surface area contributed by atoms with E-state index in [0.717, 1.165) is 61.7 Å². The number of hydrogen-bond donors (Lipinski definition) is 0. The molecule has 0 saturated carbocycles. The lowest BCUT2D eigenvalue weighted by atomic mass is 9.79. The van der Waals surface area contributed by atoms with Crippen LogP contribution in [0.1, 0.15) is 57.2 Å². The topological polar surface area (TPSA) is 34.2 Å². The number of rotatable bonds is 11. The molecule has 2 unspecified atom stereocenters. The van der Waals surface area contributed by atoms with Crippen LogP contribution in [0.25, 0.3) is 0 Å². The normalized spacial score (nSPS) is 18.3. The Morgan fingerprint density at radius 1 is 0.792 bits per heavy atom. The Morgan fingerprint density at radius 3 is 1.96 bits per heavy atom. The summed E-state index contributed by atoms with van der Waals surface area (Å²) in [4.78, 5) is 4.86. The van der Waals surface area contributed by atoms with Crippen LogP contribution in [0.15, 0.2) is 117 Å². The summed E-state index contributed by atoms with van der Waals surface area (Å²) in [5.74, 6) is 2.89. The Bertz CT molecular complexity index is 1720. The molecule has 3 aromatic rings. The lowest BCUT2D eigenvalue weighted by Gasteiger charge is -2.41. The van der Waals surface area contributed by atoms with Crippen LogP contribution < -0.4 is 14.5 Å². The summed E-state index contributed by atoms with van der Waals surface area (Å²) in [7, 11) is 5.31. The fourth-order valence-electron chi connectivity index (χ4n) is 6.71. The molecule has 0 N–H and O–H groups in total. The number of hydrogen-bond acceptors (Lipinski definition) is 5. The number of methoxy groups -OCH3 is 3. The van der Waals surface area contributed by atoms with Crippen LogP contribution in [0.4, 0.5) is 11.4 Å². The van der Waals surface area contributed by atoms with Crippen molar-refractivity contribution in [3.05, 3.63) is 133 Å². The first-order valence-corrected chi connectivity index (χ1v) is 18.1. The minimum absolute atomic E-state index is 0.00903. The van der Waals surface area contributed by atoms with Crippen LogP contribution in [0, 0.1) is 18.3 Å². The van der Waals surface area contributed by atoms with E-state index in [2.05, 4.69) is 161 Å². The Hall–Kier alpha value is -3.42. The standard InChI is InChI=1S/C41H48Br2N2O3/c1-27-19-32(42)38(46-6)34(20-27)44(25-29-15-11-9-12-16-29)35-21-28(2)22-36(40(35)48-8)45(26-30-17-13-10-14-18-30)37-24-31(41(3,4)5)23-33(43)39(37)47-7/h9-19,21-23,27,37H,20,24-26H2,1-8H3. The maximum absolute atomic E-state index is 6.51. The second-order valence-electron chi connectivity index (χ2n) is 13.8. The molecule has 7 heteroatoms. The summed E-state index contributed by atoms with van der Waals surface area (Å²) in [5, 5.41) is 0. The molecule has 0 heterocycles. The molecule has 0 aromatic heterocycles. The van der Waals surface area contributed by atoms with Gasteiger partial charge in [-0.15, -0.1) is 0 Å². The summed E-state index contributed by atoms with van der Waals surface area (Å²) in [6.07, 6.45) is 6.12. The molecular weight excluding hydrogens is 728 g/mol. The fraction of sp³-hybridized carbons (Fsp3) is 0.366. The highest BCUT2D eigenvalue weighted by molar-refractivity contribution is 9.12. The van der Waals surface area contributed by atoms with Crippen molar-refractivity contribution < 1.29 is 14.2 Å². The minimum Gasteiger partial charge on any atom is -0.498 e. The number of benzene rings is 3. The fourth-order valence-corrected chi connectivity index (χ4v) is 8.26. The average Bonchev–Trinajstić information content (AvgIpc) is 3.05. The summed E-state index contributed by atoms with van der Waals surface area (Å²) in [6, 6.07) is 25.7. The van der Waals surface area contributed by atoms with Crippen LogP contribution in [0.3, 0.4) is 0 Å². The van der Waals surface area contributed by atoms with E-state index in [0.29, 0.717) is 19.0 Å². The van der Waals surface area contributed by atoms with Crippen molar-refractivity contribution in [3.8, 4) is 5.75 Å². The van der Waals surface area contributed by atoms with Gasteiger partial charge in [0.05, 0.1) is 53.4 Å². The molecule has 2 atom stereocenters. The summed E-state index contributed by atoms with van der Waals surface area (Å²) < 4.78 is 20.7. The van der Waals surface area contributed by atoms with Crippen LogP contribution in [0.2, 0.25) is 0 Å². The lowest BCUT2D eigenvalue weighted by Crippen LogP contribution is -2.40. The smallest absolute Gasteiger partial charge is 0.165 e. The van der Waals surface area contributed by atoms with Gasteiger partial charge in [-0.25, -0.2) is 0 Å². The van der Waals surface area contributed by atoms with Gasteiger partial charge in [0.1, 0.15) is 5.76 Å². The molecule has 0 radical (unpaired) electrons. The highest BCUT2D eigenvalue weighted by atomic mass is 79.9. The molecule has 0 saturated heterocycles. The quantitative estimate of drug-likeness (QED) is 0.194. The van der Waals surface area contributed by atoms with E-state index >= 15 is 0 Å². The molecule has 5 nitrogen and oxygen atoms in total. The van der Waals surface area contributed by atoms with Crippen molar-refractivity contribution in [1.29, 1.82) is 0 Å². The highest BCUT2D eigenvalue weighted by Gasteiger charge is 2.36. The molecule has 0 bridgehead atoms. The zero-order chi connectivity index (χ0) is 34.6. The SMILES string of the molecule is COC1=C(N(Cc2ccccc2)c2cc(C)cc(N(Cc3ccccc3)C3CC(C(C)(C)C)=CC(Br)=C3OC)c2OC)CC(C)C=C1Br. The van der Waals surface area contributed by atoms with Crippen molar-refractivity contribution in [2.75, 3.05) is 31.1 Å². The van der Waals surface area contributed by atoms with Crippen molar-refractivity contribution in [3.63, 3.8) is 0 Å². The molecule has 2 aliphatic rings. The van der Waals surface area contributed by atoms with Crippen LogP contribution >= 0.6 is 31.9 Å². The van der Waals surface area contributed by atoms with Gasteiger partial charge in [0.15, 0.2) is 11.5 Å². The summed E-state index contributed by atoms with van der Waals surface area (Å²) in [5.41, 5.74) is 8.03. The van der Waals surface area contributed by atoms with Crippen molar-refractivity contribution in [2.45, 2.75) is 66.6 Å². The number of anilines is 2. The number of allylic oxidation sites excluding steroid dienone is 5. The molecule has 0 amide bonds. The molecule has 5 rings (SSSR count). The molecule has 254 valence electrons. The molecule has 0 spiro atoms. The number of nitrogens with zero attached hydrogens (tertiary/aromatic N) is 2. The van der Waals surface area contributed by atoms with Gasteiger partial charge >= 0.3 is 0 Å². The maximum atomic E-state index is 6.51. The van der Waals surface area contributed by atoms with Gasteiger partial charge in [-0.1, -0.05) is 100 Å². The first-order chi connectivity index (χ1) is 22.9. The molecule has 3 aromatic carbocycles. The molecule has 0 aliphatic heterocycles. The first kappa shape index (κ1) is 35.9. The van der Waals surface area contributed by atoms with Crippen molar-refractivity contribution in [2.24, 2.45) is 11.3 Å². The number of aryl methyl sites for hydroxylation is 1. The van der Waals surface area contributed by atoms with Crippen LogP contribution in [-0.2, 0) is 22.6 Å². The molecule has 0 fully saturated rings. The van der Waals surface area contributed by atoms with E-state index < -0.39 is 0 Å². The second kappa shape index (κ2) is 15.4. The van der Waals surface area contributed by atoms with Gasteiger partial charge in [-0.05, 0) is 97.9 Å². The third-order valence-corrected chi connectivity index (χ3v) is 10.4. The predicted octanol–water partition coefficient (Wildman–Crippen LogP) is 11.2. The van der Waals surface area contributed by atoms with Gasteiger partial charge < -0.3 is 24.0 Å². The van der Waals surface area contributed by atoms with E-state index in [4.69, 9.17) is 14.2 Å².